The number of aryl methyl sites for hydroxylation is 1. The zero-order valence-corrected chi connectivity index (χ0v) is 23.3. The second kappa shape index (κ2) is 12.0. The molecule has 0 aliphatic carbocycles. The highest BCUT2D eigenvalue weighted by molar-refractivity contribution is 7.92. The van der Waals surface area contributed by atoms with E-state index >= 15 is 0 Å². The number of para-hydroxylation sites is 2. The Morgan fingerprint density at radius 3 is 2.27 bits per heavy atom. The van der Waals surface area contributed by atoms with Crippen molar-refractivity contribution in [3.05, 3.63) is 83.4 Å². The topological polar surface area (TPSA) is 160 Å². The summed E-state index contributed by atoms with van der Waals surface area (Å²) in [6, 6.07) is 15.9. The van der Waals surface area contributed by atoms with Gasteiger partial charge in [0.2, 0.25) is 10.0 Å². The number of sulfonamides is 2. The smallest absolute Gasteiger partial charge is 0.270 e. The molecule has 0 unspecified atom stereocenters. The first-order chi connectivity index (χ1) is 19.0. The van der Waals surface area contributed by atoms with Crippen molar-refractivity contribution in [1.29, 1.82) is 0 Å². The summed E-state index contributed by atoms with van der Waals surface area (Å²) >= 11 is 0. The van der Waals surface area contributed by atoms with Crippen LogP contribution in [0.4, 0.5) is 5.69 Å². The van der Waals surface area contributed by atoms with E-state index in [1.54, 1.807) is 25.1 Å². The molecule has 212 valence electrons. The van der Waals surface area contributed by atoms with Crippen LogP contribution in [0.15, 0.2) is 76.5 Å². The van der Waals surface area contributed by atoms with Crippen LogP contribution < -0.4 is 20.3 Å². The van der Waals surface area contributed by atoms with Gasteiger partial charge < -0.3 is 9.47 Å². The Balaban J connectivity index is 1.47. The first kappa shape index (κ1) is 29.0. The van der Waals surface area contributed by atoms with E-state index < -0.39 is 31.9 Å². The number of benzene rings is 3. The van der Waals surface area contributed by atoms with Crippen molar-refractivity contribution in [2.75, 3.05) is 38.1 Å². The number of rotatable bonds is 8. The molecule has 3 aromatic carbocycles. The fraction of sp³-hybridized carbons (Fsp3) is 0.231. The lowest BCUT2D eigenvalue weighted by Gasteiger charge is -2.26. The molecule has 3 aromatic rings. The number of ether oxygens (including phenoxy) is 2. The normalized spacial score (nSPS) is 14.2. The van der Waals surface area contributed by atoms with Crippen LogP contribution in [-0.2, 0) is 24.8 Å². The second-order valence-electron chi connectivity index (χ2n) is 8.74. The van der Waals surface area contributed by atoms with Gasteiger partial charge in [-0.2, -0.15) is 4.31 Å². The van der Waals surface area contributed by atoms with Crippen LogP contribution in [0.5, 0.6) is 5.75 Å². The van der Waals surface area contributed by atoms with E-state index in [2.05, 4.69) is 15.6 Å². The molecule has 2 amide bonds. The van der Waals surface area contributed by atoms with Crippen molar-refractivity contribution >= 4 is 37.5 Å². The maximum atomic E-state index is 13.0. The second-order valence-corrected chi connectivity index (χ2v) is 12.4. The van der Waals surface area contributed by atoms with Crippen molar-refractivity contribution in [3.63, 3.8) is 0 Å². The number of carbonyl (C=O) groups is 2. The van der Waals surface area contributed by atoms with Crippen molar-refractivity contribution in [1.82, 2.24) is 15.2 Å². The maximum absolute atomic E-state index is 13.0. The molecule has 1 saturated heterocycles. The summed E-state index contributed by atoms with van der Waals surface area (Å²) in [6.45, 7) is 2.59. The van der Waals surface area contributed by atoms with Crippen molar-refractivity contribution in [3.8, 4) is 5.75 Å². The summed E-state index contributed by atoms with van der Waals surface area (Å²) in [6.07, 6.45) is 0. The number of anilines is 1. The minimum atomic E-state index is -4.09. The van der Waals surface area contributed by atoms with Gasteiger partial charge in [-0.05, 0) is 55.0 Å². The van der Waals surface area contributed by atoms with Gasteiger partial charge in [0.05, 0.1) is 35.8 Å². The van der Waals surface area contributed by atoms with Crippen LogP contribution in [0.1, 0.15) is 26.3 Å². The number of hydrogen-bond acceptors (Lipinski definition) is 8. The summed E-state index contributed by atoms with van der Waals surface area (Å²) < 4.78 is 66.0. The van der Waals surface area contributed by atoms with E-state index in [0.717, 1.165) is 0 Å². The Labute approximate surface area is 232 Å². The number of amides is 2. The molecule has 1 heterocycles. The third kappa shape index (κ3) is 6.42. The first-order valence-corrected chi connectivity index (χ1v) is 15.0. The molecule has 4 rings (SSSR count). The number of morpholine rings is 1. The summed E-state index contributed by atoms with van der Waals surface area (Å²) in [5, 5.41) is 0. The minimum Gasteiger partial charge on any atom is -0.495 e. The fourth-order valence-corrected chi connectivity index (χ4v) is 6.48. The molecule has 3 N–H and O–H groups in total. The zero-order chi connectivity index (χ0) is 28.9. The Bertz CT molecular complexity index is 1640. The van der Waals surface area contributed by atoms with Gasteiger partial charge in [0.25, 0.3) is 21.8 Å². The number of nitrogens with one attached hydrogen (secondary N) is 3. The van der Waals surface area contributed by atoms with Gasteiger partial charge in [0.15, 0.2) is 0 Å². The molecule has 1 aliphatic heterocycles. The standard InChI is InChI=1S/C26H28N4O8S2/c1-18-10-11-20(39(33,34)29-23-8-3-4-9-24(23)37-2)17-22(18)26(32)28-27-25(31)19-6-5-7-21(16-19)40(35,36)30-12-14-38-15-13-30/h3-11,16-17,29H,12-15H2,1-2H3,(H,27,31)(H,28,32). The lowest BCUT2D eigenvalue weighted by molar-refractivity contribution is 0.0730. The first-order valence-electron chi connectivity index (χ1n) is 12.1. The lowest BCUT2D eigenvalue weighted by atomic mass is 10.1. The number of methoxy groups -OCH3 is 1. The average Bonchev–Trinajstić information content (AvgIpc) is 2.96. The van der Waals surface area contributed by atoms with E-state index in [0.29, 0.717) is 11.3 Å². The van der Waals surface area contributed by atoms with Gasteiger partial charge >= 0.3 is 0 Å². The van der Waals surface area contributed by atoms with Gasteiger partial charge in [0, 0.05) is 24.2 Å². The molecule has 0 spiro atoms. The highest BCUT2D eigenvalue weighted by Gasteiger charge is 2.27. The molecule has 14 heteroatoms. The van der Waals surface area contributed by atoms with Gasteiger partial charge in [-0.25, -0.2) is 16.8 Å². The van der Waals surface area contributed by atoms with Crippen molar-refractivity contribution < 1.29 is 35.9 Å². The Hall–Kier alpha value is -3.98. The largest absolute Gasteiger partial charge is 0.495 e. The maximum Gasteiger partial charge on any atom is 0.270 e. The van der Waals surface area contributed by atoms with Crippen LogP contribution in [-0.4, -0.2) is 66.4 Å². The highest BCUT2D eigenvalue weighted by atomic mass is 32.2. The highest BCUT2D eigenvalue weighted by Crippen LogP contribution is 2.27. The molecular formula is C26H28N4O8S2. The van der Waals surface area contributed by atoms with E-state index in [4.69, 9.17) is 9.47 Å². The third-order valence-electron chi connectivity index (χ3n) is 6.11. The molecule has 0 radical (unpaired) electrons. The molecule has 0 saturated carbocycles. The van der Waals surface area contributed by atoms with Crippen LogP contribution in [0.3, 0.4) is 0 Å². The lowest BCUT2D eigenvalue weighted by Crippen LogP contribution is -2.42. The molecule has 40 heavy (non-hydrogen) atoms. The van der Waals surface area contributed by atoms with Crippen LogP contribution >= 0.6 is 0 Å². The van der Waals surface area contributed by atoms with Gasteiger partial charge in [-0.15, -0.1) is 0 Å². The Morgan fingerprint density at radius 2 is 1.55 bits per heavy atom. The number of hydrazine groups is 1. The monoisotopic (exact) mass is 588 g/mol. The summed E-state index contributed by atoms with van der Waals surface area (Å²) in [7, 11) is -6.50. The Morgan fingerprint density at radius 1 is 0.850 bits per heavy atom. The molecule has 0 aromatic heterocycles. The van der Waals surface area contributed by atoms with Gasteiger partial charge in [-0.3, -0.25) is 25.2 Å². The summed E-state index contributed by atoms with van der Waals surface area (Å²) in [4.78, 5) is 25.4. The molecule has 1 aliphatic rings. The van der Waals surface area contributed by atoms with Gasteiger partial charge in [-0.1, -0.05) is 24.3 Å². The van der Waals surface area contributed by atoms with Crippen molar-refractivity contribution in [2.24, 2.45) is 0 Å². The molecule has 1 fully saturated rings. The van der Waals surface area contributed by atoms with E-state index in [-0.39, 0.29) is 52.9 Å². The predicted molar refractivity (Wildman–Crippen MR) is 146 cm³/mol. The fourth-order valence-electron chi connectivity index (χ4n) is 3.93. The van der Waals surface area contributed by atoms with E-state index in [1.807, 2.05) is 0 Å². The third-order valence-corrected chi connectivity index (χ3v) is 9.37. The zero-order valence-electron chi connectivity index (χ0n) is 21.7. The molecule has 12 nitrogen and oxygen atoms in total. The van der Waals surface area contributed by atoms with Crippen molar-refractivity contribution in [2.45, 2.75) is 16.7 Å². The summed E-state index contributed by atoms with van der Waals surface area (Å²) in [5.74, 6) is -1.20. The Kier molecular flexibility index (Phi) is 8.73. The van der Waals surface area contributed by atoms with E-state index in [9.17, 15) is 26.4 Å². The average molecular weight is 589 g/mol. The summed E-state index contributed by atoms with van der Waals surface area (Å²) in [5.41, 5.74) is 5.20. The van der Waals surface area contributed by atoms with E-state index in [1.165, 1.54) is 59.9 Å². The predicted octanol–water partition coefficient (Wildman–Crippen LogP) is 1.90. The minimum absolute atomic E-state index is 0.00342. The number of carbonyl (C=O) groups excluding carboxylic acids is 2. The van der Waals surface area contributed by atoms with Gasteiger partial charge in [0.1, 0.15) is 5.75 Å². The van der Waals surface area contributed by atoms with Crippen LogP contribution in [0.2, 0.25) is 0 Å². The molecule has 0 bridgehead atoms. The molecular weight excluding hydrogens is 560 g/mol. The van der Waals surface area contributed by atoms with Crippen LogP contribution in [0.25, 0.3) is 0 Å². The molecule has 0 atom stereocenters. The van der Waals surface area contributed by atoms with Crippen LogP contribution in [0, 0.1) is 6.92 Å². The SMILES string of the molecule is COc1ccccc1NS(=O)(=O)c1ccc(C)c(C(=O)NNC(=O)c2cccc(S(=O)(=O)N3CCOCC3)c2)c1. The number of hydrogen-bond donors (Lipinski definition) is 3. The number of nitrogens with zero attached hydrogens (tertiary/aromatic N) is 1. The quantitative estimate of drug-likeness (QED) is 0.337.